The van der Waals surface area contributed by atoms with Gasteiger partial charge >= 0.3 is 0 Å². The van der Waals surface area contributed by atoms with Gasteiger partial charge in [-0.25, -0.2) is 0 Å². The second-order valence-corrected chi connectivity index (χ2v) is 4.09. The van der Waals surface area contributed by atoms with E-state index in [0.29, 0.717) is 9.79 Å². The van der Waals surface area contributed by atoms with Gasteiger partial charge in [0.05, 0.1) is 4.90 Å². The van der Waals surface area contributed by atoms with Crippen molar-refractivity contribution in [3.8, 4) is 16.9 Å². The lowest BCUT2D eigenvalue weighted by Crippen LogP contribution is -1.82. The molecule has 2 aromatic rings. The lowest BCUT2D eigenvalue weighted by molar-refractivity contribution is 0.460. The van der Waals surface area contributed by atoms with Gasteiger partial charge in [0.1, 0.15) is 5.75 Å². The first-order valence-electron chi connectivity index (χ1n) is 4.49. The van der Waals surface area contributed by atoms with Crippen LogP contribution in [0.5, 0.6) is 5.75 Å². The van der Waals surface area contributed by atoms with Crippen molar-refractivity contribution in [1.82, 2.24) is 0 Å². The smallest absolute Gasteiger partial charge is 0.130 e. The van der Waals surface area contributed by atoms with Crippen LogP contribution >= 0.6 is 25.3 Å². The summed E-state index contributed by atoms with van der Waals surface area (Å²) in [5.74, 6) is 0.156. The molecule has 0 aliphatic carbocycles. The topological polar surface area (TPSA) is 20.2 Å². The van der Waals surface area contributed by atoms with Gasteiger partial charge in [0, 0.05) is 4.90 Å². The molecule has 0 amide bonds. The molecule has 0 atom stereocenters. The molecule has 0 aliphatic heterocycles. The summed E-state index contributed by atoms with van der Waals surface area (Å²) in [5, 5.41) is 9.45. The summed E-state index contributed by atoms with van der Waals surface area (Å²) in [4.78, 5) is 1.21. The summed E-state index contributed by atoms with van der Waals surface area (Å²) in [6.07, 6.45) is 0. The number of phenols is 1. The van der Waals surface area contributed by atoms with Crippen molar-refractivity contribution in [1.29, 1.82) is 0 Å². The molecule has 1 nitrogen and oxygen atoms in total. The third-order valence-electron chi connectivity index (χ3n) is 2.21. The van der Waals surface area contributed by atoms with E-state index in [-0.39, 0.29) is 5.75 Å². The second-order valence-electron chi connectivity index (χ2n) is 3.20. The summed E-state index contributed by atoms with van der Waals surface area (Å²) < 4.78 is 0. The van der Waals surface area contributed by atoms with Crippen LogP contribution < -0.4 is 0 Å². The standard InChI is InChI=1S/C12H10OS2/c13-10-7-6-9(11(14)12(10)15)8-4-2-1-3-5-8/h1-7,13-15H. The molecule has 1 N–H and O–H groups in total. The fourth-order valence-corrected chi connectivity index (χ4v) is 1.93. The highest BCUT2D eigenvalue weighted by atomic mass is 32.1. The lowest BCUT2D eigenvalue weighted by atomic mass is 10.1. The van der Waals surface area contributed by atoms with Crippen LogP contribution in [0.2, 0.25) is 0 Å². The van der Waals surface area contributed by atoms with Crippen LogP contribution in [-0.2, 0) is 0 Å². The van der Waals surface area contributed by atoms with Gasteiger partial charge in [-0.05, 0) is 23.3 Å². The molecular formula is C12H10OS2. The van der Waals surface area contributed by atoms with E-state index in [9.17, 15) is 5.11 Å². The Hall–Kier alpha value is -1.06. The monoisotopic (exact) mass is 234 g/mol. The van der Waals surface area contributed by atoms with Gasteiger partial charge in [-0.1, -0.05) is 30.3 Å². The number of hydrogen-bond donors (Lipinski definition) is 3. The molecule has 0 unspecified atom stereocenters. The number of hydrogen-bond acceptors (Lipinski definition) is 3. The molecule has 0 radical (unpaired) electrons. The van der Waals surface area contributed by atoms with Crippen LogP contribution in [0.4, 0.5) is 0 Å². The number of phenolic OH excluding ortho intramolecular Hbond substituents is 1. The molecule has 2 rings (SSSR count). The maximum absolute atomic E-state index is 9.45. The molecule has 0 bridgehead atoms. The van der Waals surface area contributed by atoms with E-state index < -0.39 is 0 Å². The van der Waals surface area contributed by atoms with Crippen molar-refractivity contribution in [3.63, 3.8) is 0 Å². The highest BCUT2D eigenvalue weighted by Gasteiger charge is 2.07. The highest BCUT2D eigenvalue weighted by molar-refractivity contribution is 7.83. The van der Waals surface area contributed by atoms with Crippen LogP contribution in [0.15, 0.2) is 52.3 Å². The number of thiol groups is 2. The largest absolute Gasteiger partial charge is 0.507 e. The van der Waals surface area contributed by atoms with Gasteiger partial charge in [0.25, 0.3) is 0 Å². The average molecular weight is 234 g/mol. The zero-order valence-electron chi connectivity index (χ0n) is 7.88. The number of aromatic hydroxyl groups is 1. The third kappa shape index (κ3) is 1.98. The van der Waals surface area contributed by atoms with Gasteiger partial charge in [-0.2, -0.15) is 0 Å². The summed E-state index contributed by atoms with van der Waals surface area (Å²) in [6, 6.07) is 13.4. The van der Waals surface area contributed by atoms with E-state index in [4.69, 9.17) is 0 Å². The Kier molecular flexibility index (Phi) is 2.93. The minimum Gasteiger partial charge on any atom is -0.507 e. The zero-order valence-corrected chi connectivity index (χ0v) is 9.67. The summed E-state index contributed by atoms with van der Waals surface area (Å²) in [5.41, 5.74) is 2.04. The predicted octanol–water partition coefficient (Wildman–Crippen LogP) is 3.64. The summed E-state index contributed by atoms with van der Waals surface area (Å²) in [6.45, 7) is 0. The normalized spacial score (nSPS) is 10.3. The molecule has 3 heteroatoms. The van der Waals surface area contributed by atoms with E-state index in [2.05, 4.69) is 25.3 Å². The minimum absolute atomic E-state index is 0.156. The molecule has 2 aromatic carbocycles. The van der Waals surface area contributed by atoms with E-state index in [0.717, 1.165) is 11.1 Å². The van der Waals surface area contributed by atoms with Crippen LogP contribution in [0.1, 0.15) is 0 Å². The summed E-state index contributed by atoms with van der Waals surface area (Å²) in [7, 11) is 0. The first-order valence-corrected chi connectivity index (χ1v) is 5.39. The Bertz CT molecular complexity index is 480. The number of benzene rings is 2. The highest BCUT2D eigenvalue weighted by Crippen LogP contribution is 2.36. The van der Waals surface area contributed by atoms with Crippen molar-refractivity contribution >= 4 is 25.3 Å². The molecular weight excluding hydrogens is 224 g/mol. The van der Waals surface area contributed by atoms with Gasteiger partial charge in [0.15, 0.2) is 0 Å². The van der Waals surface area contributed by atoms with E-state index in [1.165, 1.54) is 0 Å². The maximum Gasteiger partial charge on any atom is 0.130 e. The molecule has 0 heterocycles. The maximum atomic E-state index is 9.45. The summed E-state index contributed by atoms with van der Waals surface area (Å²) >= 11 is 8.56. The Balaban J connectivity index is 2.60. The Morgan fingerprint density at radius 2 is 1.47 bits per heavy atom. The van der Waals surface area contributed by atoms with Gasteiger partial charge in [-0.3, -0.25) is 0 Å². The van der Waals surface area contributed by atoms with Crippen LogP contribution in [0.3, 0.4) is 0 Å². The number of rotatable bonds is 1. The molecule has 0 saturated heterocycles. The van der Waals surface area contributed by atoms with Crippen molar-refractivity contribution in [2.45, 2.75) is 9.79 Å². The molecule has 0 fully saturated rings. The van der Waals surface area contributed by atoms with Gasteiger partial charge < -0.3 is 5.11 Å². The predicted molar refractivity (Wildman–Crippen MR) is 68.0 cm³/mol. The second kappa shape index (κ2) is 4.21. The molecule has 15 heavy (non-hydrogen) atoms. The van der Waals surface area contributed by atoms with Crippen molar-refractivity contribution in [3.05, 3.63) is 42.5 Å². The zero-order chi connectivity index (χ0) is 10.8. The molecule has 0 aromatic heterocycles. The molecule has 0 aliphatic rings. The van der Waals surface area contributed by atoms with Gasteiger partial charge in [0.2, 0.25) is 0 Å². The van der Waals surface area contributed by atoms with Gasteiger partial charge in [-0.15, -0.1) is 25.3 Å². The quantitative estimate of drug-likeness (QED) is 0.644. The third-order valence-corrected chi connectivity index (χ3v) is 3.31. The Labute approximate surface area is 99.6 Å². The molecule has 76 valence electrons. The van der Waals surface area contributed by atoms with Crippen molar-refractivity contribution < 1.29 is 5.11 Å². The minimum atomic E-state index is 0.156. The van der Waals surface area contributed by atoms with Crippen LogP contribution in [-0.4, -0.2) is 5.11 Å². The van der Waals surface area contributed by atoms with E-state index in [1.54, 1.807) is 6.07 Å². The molecule has 0 spiro atoms. The average Bonchev–Trinajstić information content (AvgIpc) is 2.27. The lowest BCUT2D eigenvalue weighted by Gasteiger charge is -2.08. The van der Waals surface area contributed by atoms with E-state index >= 15 is 0 Å². The van der Waals surface area contributed by atoms with Crippen molar-refractivity contribution in [2.75, 3.05) is 0 Å². The molecule has 0 saturated carbocycles. The first-order chi connectivity index (χ1) is 7.20. The van der Waals surface area contributed by atoms with Crippen molar-refractivity contribution in [2.24, 2.45) is 0 Å². The fraction of sp³-hybridized carbons (Fsp3) is 0. The van der Waals surface area contributed by atoms with Crippen LogP contribution in [0, 0.1) is 0 Å². The Morgan fingerprint density at radius 3 is 2.13 bits per heavy atom. The Morgan fingerprint density at radius 1 is 0.800 bits per heavy atom. The van der Waals surface area contributed by atoms with Crippen LogP contribution in [0.25, 0.3) is 11.1 Å². The first kappa shape index (κ1) is 10.5. The SMILES string of the molecule is Oc1ccc(-c2ccccc2)c(S)c1S. The van der Waals surface area contributed by atoms with E-state index in [1.807, 2.05) is 36.4 Å². The fourth-order valence-electron chi connectivity index (χ4n) is 1.42.